The molecule has 1 aromatic rings. The lowest BCUT2D eigenvalue weighted by molar-refractivity contribution is 0.0355. The highest BCUT2D eigenvalue weighted by atomic mass is 16.3. The molecule has 0 saturated carbocycles. The number of aliphatic hydroxyl groups excluding tert-OH is 3. The van der Waals surface area contributed by atoms with Crippen LogP contribution in [0.3, 0.4) is 0 Å². The zero-order chi connectivity index (χ0) is 12.0. The number of rotatable bonds is 6. The number of aliphatic hydroxyl groups is 3. The van der Waals surface area contributed by atoms with E-state index in [2.05, 4.69) is 5.32 Å². The molecule has 1 atom stereocenters. The summed E-state index contributed by atoms with van der Waals surface area (Å²) in [6.45, 7) is 0.997. The van der Waals surface area contributed by atoms with Crippen LogP contribution in [0.4, 0.5) is 0 Å². The highest BCUT2D eigenvalue weighted by Crippen LogP contribution is 2.15. The molecule has 4 nitrogen and oxygen atoms in total. The minimum atomic E-state index is -1.03. The fourth-order valence-electron chi connectivity index (χ4n) is 1.57. The van der Waals surface area contributed by atoms with Gasteiger partial charge >= 0.3 is 0 Å². The molecule has 1 aromatic carbocycles. The van der Waals surface area contributed by atoms with E-state index in [1.54, 1.807) is 0 Å². The third kappa shape index (κ3) is 3.02. The molecule has 0 bridgehead atoms. The predicted molar refractivity (Wildman–Crippen MR) is 62.0 cm³/mol. The van der Waals surface area contributed by atoms with Crippen molar-refractivity contribution in [3.63, 3.8) is 0 Å². The highest BCUT2D eigenvalue weighted by molar-refractivity contribution is 5.18. The molecule has 0 aliphatic heterocycles. The predicted octanol–water partition coefficient (Wildman–Crippen LogP) is 0.0529. The van der Waals surface area contributed by atoms with E-state index in [-0.39, 0.29) is 25.9 Å². The molecule has 0 radical (unpaired) electrons. The maximum Gasteiger partial charge on any atom is 0.0886 e. The molecule has 0 heterocycles. The molecule has 0 aliphatic carbocycles. The molecule has 0 amide bonds. The number of nitrogens with one attached hydrogen (secondary N) is 1. The van der Waals surface area contributed by atoms with E-state index in [1.807, 2.05) is 37.3 Å². The molecule has 0 aliphatic rings. The molecule has 0 aromatic heterocycles. The SMILES string of the molecule is CC(NC(CO)(CO)CO)c1ccccc1. The van der Waals surface area contributed by atoms with E-state index in [0.29, 0.717) is 0 Å². The van der Waals surface area contributed by atoms with Crippen molar-refractivity contribution >= 4 is 0 Å². The largest absolute Gasteiger partial charge is 0.394 e. The third-order valence-corrected chi connectivity index (χ3v) is 2.73. The summed E-state index contributed by atoms with van der Waals surface area (Å²) in [5.41, 5.74) is 0.0112. The Bertz CT molecular complexity index is 290. The average molecular weight is 225 g/mol. The first-order chi connectivity index (χ1) is 7.67. The van der Waals surface area contributed by atoms with Gasteiger partial charge in [0.25, 0.3) is 0 Å². The summed E-state index contributed by atoms with van der Waals surface area (Å²) in [4.78, 5) is 0. The van der Waals surface area contributed by atoms with Gasteiger partial charge in [0.05, 0.1) is 25.4 Å². The Kier molecular flexibility index (Phi) is 4.89. The van der Waals surface area contributed by atoms with Crippen molar-refractivity contribution < 1.29 is 15.3 Å². The Morgan fingerprint density at radius 1 is 1.06 bits per heavy atom. The van der Waals surface area contributed by atoms with Crippen molar-refractivity contribution in [2.75, 3.05) is 19.8 Å². The van der Waals surface area contributed by atoms with E-state index >= 15 is 0 Å². The Balaban J connectivity index is 2.73. The second kappa shape index (κ2) is 5.96. The maximum atomic E-state index is 9.19. The van der Waals surface area contributed by atoms with Crippen molar-refractivity contribution in [1.29, 1.82) is 0 Å². The smallest absolute Gasteiger partial charge is 0.0886 e. The second-order valence-corrected chi connectivity index (χ2v) is 4.03. The first kappa shape index (κ1) is 13.1. The van der Waals surface area contributed by atoms with E-state index in [0.717, 1.165) is 5.56 Å². The Morgan fingerprint density at radius 2 is 1.56 bits per heavy atom. The molecule has 0 saturated heterocycles. The zero-order valence-electron chi connectivity index (χ0n) is 9.43. The van der Waals surface area contributed by atoms with Crippen LogP contribution in [0.2, 0.25) is 0 Å². The molecule has 1 rings (SSSR count). The fourth-order valence-corrected chi connectivity index (χ4v) is 1.57. The van der Waals surface area contributed by atoms with Crippen LogP contribution < -0.4 is 5.32 Å². The van der Waals surface area contributed by atoms with Gasteiger partial charge in [-0.1, -0.05) is 30.3 Å². The van der Waals surface area contributed by atoms with Gasteiger partial charge in [0.2, 0.25) is 0 Å². The van der Waals surface area contributed by atoms with Crippen LogP contribution in [-0.2, 0) is 0 Å². The Morgan fingerprint density at radius 3 is 2.00 bits per heavy atom. The summed E-state index contributed by atoms with van der Waals surface area (Å²) >= 11 is 0. The van der Waals surface area contributed by atoms with Crippen LogP contribution >= 0.6 is 0 Å². The Hall–Kier alpha value is -0.940. The summed E-state index contributed by atoms with van der Waals surface area (Å²) in [6, 6.07) is 9.63. The molecule has 90 valence electrons. The number of hydrogen-bond acceptors (Lipinski definition) is 4. The summed E-state index contributed by atoms with van der Waals surface area (Å²) in [7, 11) is 0. The molecule has 0 spiro atoms. The van der Waals surface area contributed by atoms with Gasteiger partial charge in [0.1, 0.15) is 0 Å². The van der Waals surface area contributed by atoms with Gasteiger partial charge in [-0.25, -0.2) is 0 Å². The van der Waals surface area contributed by atoms with E-state index in [1.165, 1.54) is 0 Å². The van der Waals surface area contributed by atoms with Crippen molar-refractivity contribution in [2.45, 2.75) is 18.5 Å². The van der Waals surface area contributed by atoms with Crippen LogP contribution in [0, 0.1) is 0 Å². The van der Waals surface area contributed by atoms with Gasteiger partial charge in [-0.2, -0.15) is 0 Å². The normalized spacial score (nSPS) is 13.8. The van der Waals surface area contributed by atoms with Gasteiger partial charge in [0.15, 0.2) is 0 Å². The molecule has 0 fully saturated rings. The lowest BCUT2D eigenvalue weighted by Crippen LogP contribution is -2.55. The molecule has 4 heteroatoms. The van der Waals surface area contributed by atoms with Gasteiger partial charge < -0.3 is 15.3 Å². The monoisotopic (exact) mass is 225 g/mol. The number of hydrogen-bond donors (Lipinski definition) is 4. The molecular weight excluding hydrogens is 206 g/mol. The quantitative estimate of drug-likeness (QED) is 0.552. The van der Waals surface area contributed by atoms with E-state index in [9.17, 15) is 15.3 Å². The summed E-state index contributed by atoms with van der Waals surface area (Å²) in [6.07, 6.45) is 0. The van der Waals surface area contributed by atoms with Crippen molar-refractivity contribution in [2.24, 2.45) is 0 Å². The summed E-state index contributed by atoms with van der Waals surface area (Å²) in [5.74, 6) is 0. The third-order valence-electron chi connectivity index (χ3n) is 2.73. The van der Waals surface area contributed by atoms with Gasteiger partial charge in [-0.05, 0) is 12.5 Å². The molecular formula is C12H19NO3. The van der Waals surface area contributed by atoms with Crippen molar-refractivity contribution in [3.05, 3.63) is 35.9 Å². The second-order valence-electron chi connectivity index (χ2n) is 4.03. The van der Waals surface area contributed by atoms with E-state index in [4.69, 9.17) is 0 Å². The van der Waals surface area contributed by atoms with Crippen LogP contribution in [0.25, 0.3) is 0 Å². The van der Waals surface area contributed by atoms with Crippen LogP contribution in [-0.4, -0.2) is 40.7 Å². The summed E-state index contributed by atoms with van der Waals surface area (Å²) < 4.78 is 0. The lowest BCUT2D eigenvalue weighted by atomic mass is 9.99. The zero-order valence-corrected chi connectivity index (χ0v) is 9.43. The molecule has 4 N–H and O–H groups in total. The van der Waals surface area contributed by atoms with Gasteiger partial charge in [-0.15, -0.1) is 0 Å². The molecule has 16 heavy (non-hydrogen) atoms. The summed E-state index contributed by atoms with van der Waals surface area (Å²) in [5, 5.41) is 30.6. The molecule has 1 unspecified atom stereocenters. The minimum absolute atomic E-state index is 0.0485. The van der Waals surface area contributed by atoms with Crippen molar-refractivity contribution in [1.82, 2.24) is 5.32 Å². The Labute approximate surface area is 95.6 Å². The topological polar surface area (TPSA) is 72.7 Å². The van der Waals surface area contributed by atoms with Crippen LogP contribution in [0.5, 0.6) is 0 Å². The van der Waals surface area contributed by atoms with Crippen LogP contribution in [0.1, 0.15) is 18.5 Å². The first-order valence-electron chi connectivity index (χ1n) is 5.32. The number of benzene rings is 1. The van der Waals surface area contributed by atoms with Crippen LogP contribution in [0.15, 0.2) is 30.3 Å². The lowest BCUT2D eigenvalue weighted by Gasteiger charge is -2.32. The van der Waals surface area contributed by atoms with Gasteiger partial charge in [0, 0.05) is 6.04 Å². The minimum Gasteiger partial charge on any atom is -0.394 e. The standard InChI is InChI=1S/C12H19NO3/c1-10(11-5-3-2-4-6-11)13-12(7-14,8-15)9-16/h2-6,10,13-16H,7-9H2,1H3. The average Bonchev–Trinajstić information content (AvgIpc) is 2.37. The van der Waals surface area contributed by atoms with Gasteiger partial charge in [-0.3, -0.25) is 5.32 Å². The fraction of sp³-hybridized carbons (Fsp3) is 0.500. The van der Waals surface area contributed by atoms with Crippen molar-refractivity contribution in [3.8, 4) is 0 Å². The maximum absolute atomic E-state index is 9.19. The highest BCUT2D eigenvalue weighted by Gasteiger charge is 2.29. The first-order valence-corrected chi connectivity index (χ1v) is 5.32. The van der Waals surface area contributed by atoms with E-state index < -0.39 is 5.54 Å².